The fourth-order valence-electron chi connectivity index (χ4n) is 1.65. The molecule has 6 nitrogen and oxygen atoms in total. The van der Waals surface area contributed by atoms with Crippen molar-refractivity contribution in [1.29, 1.82) is 0 Å². The molecular weight excluding hydrogens is 246 g/mol. The first-order valence-electron chi connectivity index (χ1n) is 6.52. The van der Waals surface area contributed by atoms with Crippen molar-refractivity contribution in [3.63, 3.8) is 0 Å². The van der Waals surface area contributed by atoms with Gasteiger partial charge in [-0.05, 0) is 26.4 Å². The Hall–Kier alpha value is -1.30. The largest absolute Gasteiger partial charge is 0.467 e. The van der Waals surface area contributed by atoms with Crippen molar-refractivity contribution < 1.29 is 14.3 Å². The fraction of sp³-hybridized carbons (Fsp3) is 0.846. The first-order valence-corrected chi connectivity index (χ1v) is 6.52. The molecule has 0 fully saturated rings. The van der Waals surface area contributed by atoms with E-state index in [9.17, 15) is 9.59 Å². The Morgan fingerprint density at radius 1 is 1.21 bits per heavy atom. The van der Waals surface area contributed by atoms with Crippen LogP contribution in [0, 0.1) is 5.92 Å². The minimum Gasteiger partial charge on any atom is -0.467 e. The van der Waals surface area contributed by atoms with Crippen LogP contribution in [-0.2, 0) is 9.53 Å². The highest BCUT2D eigenvalue weighted by atomic mass is 16.5. The summed E-state index contributed by atoms with van der Waals surface area (Å²) in [7, 11) is 6.83. The molecule has 112 valence electrons. The smallest absolute Gasteiger partial charge is 0.328 e. The lowest BCUT2D eigenvalue weighted by molar-refractivity contribution is -0.146. The number of esters is 1. The van der Waals surface area contributed by atoms with Gasteiger partial charge in [-0.2, -0.15) is 0 Å². The number of likely N-dealkylation sites (N-methyl/N-ethyl adjacent to an activating group) is 2. The van der Waals surface area contributed by atoms with Crippen LogP contribution in [0.25, 0.3) is 0 Å². The molecule has 0 rings (SSSR count). The molecule has 0 aliphatic heterocycles. The number of hydrogen-bond donors (Lipinski definition) is 1. The fourth-order valence-corrected chi connectivity index (χ4v) is 1.65. The van der Waals surface area contributed by atoms with E-state index >= 15 is 0 Å². The molecule has 1 N–H and O–H groups in total. The summed E-state index contributed by atoms with van der Waals surface area (Å²) in [6, 6.07) is -0.790. The van der Waals surface area contributed by atoms with E-state index in [1.807, 2.05) is 32.8 Å². The van der Waals surface area contributed by atoms with Crippen molar-refractivity contribution in [2.75, 3.05) is 41.3 Å². The molecule has 0 saturated carbocycles. The molecule has 19 heavy (non-hydrogen) atoms. The standard InChI is InChI=1S/C13H27N3O3/c1-10(2)9-11(12(17)19-6)16(5)13(18)14-7-8-15(3)4/h10-11H,7-9H2,1-6H3,(H,14,18). The number of ether oxygens (including phenoxy) is 1. The lowest BCUT2D eigenvalue weighted by atomic mass is 10.0. The van der Waals surface area contributed by atoms with Gasteiger partial charge >= 0.3 is 12.0 Å². The number of urea groups is 1. The Labute approximate surface area is 116 Å². The Bertz CT molecular complexity index is 293. The van der Waals surface area contributed by atoms with Crippen molar-refractivity contribution in [3.8, 4) is 0 Å². The van der Waals surface area contributed by atoms with Gasteiger partial charge in [-0.25, -0.2) is 9.59 Å². The monoisotopic (exact) mass is 273 g/mol. The number of nitrogens with one attached hydrogen (secondary N) is 1. The summed E-state index contributed by atoms with van der Waals surface area (Å²) < 4.78 is 4.76. The molecule has 0 bridgehead atoms. The Morgan fingerprint density at radius 3 is 2.21 bits per heavy atom. The van der Waals surface area contributed by atoms with Crippen molar-refractivity contribution in [2.45, 2.75) is 26.3 Å². The zero-order chi connectivity index (χ0) is 15.0. The summed E-state index contributed by atoms with van der Waals surface area (Å²) in [6.07, 6.45) is 0.588. The maximum Gasteiger partial charge on any atom is 0.328 e. The van der Waals surface area contributed by atoms with Gasteiger partial charge in [0, 0.05) is 20.1 Å². The highest BCUT2D eigenvalue weighted by Gasteiger charge is 2.28. The van der Waals surface area contributed by atoms with Gasteiger partial charge in [0.1, 0.15) is 6.04 Å². The molecule has 0 heterocycles. The third-order valence-electron chi connectivity index (χ3n) is 2.79. The normalized spacial score (nSPS) is 12.4. The first kappa shape index (κ1) is 17.7. The average Bonchev–Trinajstić information content (AvgIpc) is 2.33. The number of carbonyl (C=O) groups excluding carboxylic acids is 2. The van der Waals surface area contributed by atoms with Crippen LogP contribution in [0.5, 0.6) is 0 Å². The first-order chi connectivity index (χ1) is 8.79. The van der Waals surface area contributed by atoms with Crippen LogP contribution in [0.2, 0.25) is 0 Å². The molecule has 0 saturated heterocycles. The second kappa shape index (κ2) is 8.74. The highest BCUT2D eigenvalue weighted by Crippen LogP contribution is 2.12. The number of methoxy groups -OCH3 is 1. The highest BCUT2D eigenvalue weighted by molar-refractivity contribution is 5.83. The van der Waals surface area contributed by atoms with Gasteiger partial charge in [-0.1, -0.05) is 13.8 Å². The third kappa shape index (κ3) is 7.00. The summed E-state index contributed by atoms with van der Waals surface area (Å²) in [5, 5.41) is 2.78. The summed E-state index contributed by atoms with van der Waals surface area (Å²) in [4.78, 5) is 27.1. The van der Waals surface area contributed by atoms with E-state index in [0.29, 0.717) is 18.9 Å². The van der Waals surface area contributed by atoms with E-state index < -0.39 is 6.04 Å². The molecular formula is C13H27N3O3. The van der Waals surface area contributed by atoms with Gasteiger partial charge in [-0.3, -0.25) is 0 Å². The van der Waals surface area contributed by atoms with Gasteiger partial charge in [0.2, 0.25) is 0 Å². The minimum atomic E-state index is -0.538. The van der Waals surface area contributed by atoms with Gasteiger partial charge in [0.15, 0.2) is 0 Å². The topological polar surface area (TPSA) is 61.9 Å². The van der Waals surface area contributed by atoms with Crippen LogP contribution in [0.15, 0.2) is 0 Å². The number of hydrogen-bond acceptors (Lipinski definition) is 4. The van der Waals surface area contributed by atoms with Crippen LogP contribution in [0.4, 0.5) is 4.79 Å². The molecule has 0 radical (unpaired) electrons. The Balaban J connectivity index is 4.47. The van der Waals surface area contributed by atoms with Gasteiger partial charge < -0.3 is 19.9 Å². The molecule has 1 atom stereocenters. The summed E-state index contributed by atoms with van der Waals surface area (Å²) in [5.41, 5.74) is 0. The van der Waals surface area contributed by atoms with Crippen LogP contribution in [0.1, 0.15) is 20.3 Å². The van der Waals surface area contributed by atoms with E-state index in [0.717, 1.165) is 6.54 Å². The van der Waals surface area contributed by atoms with E-state index in [-0.39, 0.29) is 12.0 Å². The van der Waals surface area contributed by atoms with Crippen molar-refractivity contribution in [1.82, 2.24) is 15.1 Å². The average molecular weight is 273 g/mol. The van der Waals surface area contributed by atoms with E-state index in [4.69, 9.17) is 4.74 Å². The predicted molar refractivity (Wildman–Crippen MR) is 75.0 cm³/mol. The zero-order valence-corrected chi connectivity index (χ0v) is 12.9. The maximum absolute atomic E-state index is 12.0. The molecule has 0 aromatic rings. The second-order valence-electron chi connectivity index (χ2n) is 5.31. The number of amides is 2. The van der Waals surface area contributed by atoms with Crippen molar-refractivity contribution in [2.24, 2.45) is 5.92 Å². The van der Waals surface area contributed by atoms with E-state index in [1.165, 1.54) is 12.0 Å². The van der Waals surface area contributed by atoms with Gasteiger partial charge in [-0.15, -0.1) is 0 Å². The lowest BCUT2D eigenvalue weighted by Crippen LogP contribution is -2.49. The maximum atomic E-state index is 12.0. The number of nitrogens with zero attached hydrogens (tertiary/aromatic N) is 2. The van der Waals surface area contributed by atoms with Crippen LogP contribution < -0.4 is 5.32 Å². The lowest BCUT2D eigenvalue weighted by Gasteiger charge is -2.27. The third-order valence-corrected chi connectivity index (χ3v) is 2.79. The van der Waals surface area contributed by atoms with Gasteiger partial charge in [0.25, 0.3) is 0 Å². The van der Waals surface area contributed by atoms with E-state index in [1.54, 1.807) is 7.05 Å². The molecule has 0 aromatic carbocycles. The van der Waals surface area contributed by atoms with Crippen LogP contribution in [-0.4, -0.2) is 69.2 Å². The summed E-state index contributed by atoms with van der Waals surface area (Å²) in [6.45, 7) is 5.32. The number of carbonyl (C=O) groups is 2. The molecule has 0 aromatic heterocycles. The van der Waals surface area contributed by atoms with E-state index in [2.05, 4.69) is 5.32 Å². The molecule has 1 unspecified atom stereocenters. The molecule has 6 heteroatoms. The van der Waals surface area contributed by atoms with Crippen molar-refractivity contribution in [3.05, 3.63) is 0 Å². The quantitative estimate of drug-likeness (QED) is 0.696. The SMILES string of the molecule is COC(=O)C(CC(C)C)N(C)C(=O)NCCN(C)C. The minimum absolute atomic E-state index is 0.252. The molecule has 0 aliphatic rings. The van der Waals surface area contributed by atoms with Crippen molar-refractivity contribution >= 4 is 12.0 Å². The Kier molecular flexibility index (Phi) is 8.14. The zero-order valence-electron chi connectivity index (χ0n) is 12.9. The predicted octanol–water partition coefficient (Wildman–Crippen LogP) is 0.777. The Morgan fingerprint density at radius 2 is 1.79 bits per heavy atom. The van der Waals surface area contributed by atoms with Crippen LogP contribution in [0.3, 0.4) is 0 Å². The van der Waals surface area contributed by atoms with Crippen LogP contribution >= 0.6 is 0 Å². The van der Waals surface area contributed by atoms with Gasteiger partial charge in [0.05, 0.1) is 7.11 Å². The summed E-state index contributed by atoms with van der Waals surface area (Å²) >= 11 is 0. The number of rotatable bonds is 7. The molecule has 2 amide bonds. The summed E-state index contributed by atoms with van der Waals surface area (Å²) in [5.74, 6) is -0.0694. The second-order valence-corrected chi connectivity index (χ2v) is 5.31. The molecule has 0 aliphatic carbocycles. The molecule has 0 spiro atoms.